The van der Waals surface area contributed by atoms with Gasteiger partial charge in [0, 0.05) is 6.54 Å². The van der Waals surface area contributed by atoms with Crippen molar-refractivity contribution in [2.45, 2.75) is 46.1 Å². The lowest BCUT2D eigenvalue weighted by molar-refractivity contribution is 0.220. The molecule has 1 saturated carbocycles. The molecule has 1 aromatic rings. The molecule has 5 heteroatoms. The Morgan fingerprint density at radius 2 is 2.22 bits per heavy atom. The highest BCUT2D eigenvalue weighted by molar-refractivity contribution is 7.13. The van der Waals surface area contributed by atoms with E-state index in [9.17, 15) is 0 Å². The Morgan fingerprint density at radius 1 is 1.39 bits per heavy atom. The van der Waals surface area contributed by atoms with Gasteiger partial charge in [-0.2, -0.15) is 0 Å². The molecule has 18 heavy (non-hydrogen) atoms. The molecular formula is C13H23N3OS. The van der Waals surface area contributed by atoms with Crippen LogP contribution in [0.5, 0.6) is 5.19 Å². The molecule has 0 aliphatic heterocycles. The third-order valence-corrected chi connectivity index (χ3v) is 4.09. The summed E-state index contributed by atoms with van der Waals surface area (Å²) >= 11 is 1.55. The minimum absolute atomic E-state index is 0.663. The van der Waals surface area contributed by atoms with Gasteiger partial charge in [0.25, 0.3) is 5.19 Å². The summed E-state index contributed by atoms with van der Waals surface area (Å²) < 4.78 is 5.64. The third-order valence-electron chi connectivity index (χ3n) is 3.25. The Kier molecular flexibility index (Phi) is 5.38. The van der Waals surface area contributed by atoms with E-state index >= 15 is 0 Å². The number of hydrogen-bond donors (Lipinski definition) is 1. The molecule has 1 aliphatic rings. The van der Waals surface area contributed by atoms with Crippen LogP contribution in [0.3, 0.4) is 0 Å². The first-order valence-corrected chi connectivity index (χ1v) is 7.71. The quantitative estimate of drug-likeness (QED) is 0.788. The molecule has 1 aromatic heterocycles. The van der Waals surface area contributed by atoms with Crippen molar-refractivity contribution >= 4 is 11.3 Å². The van der Waals surface area contributed by atoms with E-state index in [1.807, 2.05) is 0 Å². The number of hydrogen-bond acceptors (Lipinski definition) is 5. The molecule has 0 atom stereocenters. The Bertz CT molecular complexity index is 350. The maximum Gasteiger partial charge on any atom is 0.294 e. The number of nitrogens with one attached hydrogen (secondary N) is 1. The monoisotopic (exact) mass is 269 g/mol. The Labute approximate surface area is 113 Å². The number of ether oxygens (including phenoxy) is 1. The van der Waals surface area contributed by atoms with Gasteiger partial charge in [-0.25, -0.2) is 0 Å². The van der Waals surface area contributed by atoms with Gasteiger partial charge in [0.1, 0.15) is 5.01 Å². The summed E-state index contributed by atoms with van der Waals surface area (Å²) in [5, 5.41) is 13.3. The number of aromatic nitrogens is 2. The van der Waals surface area contributed by atoms with E-state index in [-0.39, 0.29) is 0 Å². The van der Waals surface area contributed by atoms with Crippen molar-refractivity contribution in [1.29, 1.82) is 0 Å². The SMILES string of the molecule is CC(C)CNCc1nnc(OCCC2CCC2)s1. The molecule has 102 valence electrons. The van der Waals surface area contributed by atoms with Gasteiger partial charge in [0.05, 0.1) is 6.61 Å². The highest BCUT2D eigenvalue weighted by Gasteiger charge is 2.17. The zero-order valence-electron chi connectivity index (χ0n) is 11.3. The highest BCUT2D eigenvalue weighted by Crippen LogP contribution is 2.29. The van der Waals surface area contributed by atoms with Crippen molar-refractivity contribution in [3.8, 4) is 5.19 Å². The normalized spacial score (nSPS) is 15.9. The zero-order valence-corrected chi connectivity index (χ0v) is 12.1. The second-order valence-corrected chi connectivity index (χ2v) is 6.45. The third kappa shape index (κ3) is 4.53. The lowest BCUT2D eigenvalue weighted by Gasteiger charge is -2.24. The van der Waals surface area contributed by atoms with E-state index in [1.54, 1.807) is 11.3 Å². The van der Waals surface area contributed by atoms with Crippen LogP contribution in [0.4, 0.5) is 0 Å². The topological polar surface area (TPSA) is 47.0 Å². The second-order valence-electron chi connectivity index (χ2n) is 5.42. The summed E-state index contributed by atoms with van der Waals surface area (Å²) in [6.45, 7) is 6.99. The van der Waals surface area contributed by atoms with Crippen molar-refractivity contribution in [3.05, 3.63) is 5.01 Å². The highest BCUT2D eigenvalue weighted by atomic mass is 32.1. The molecule has 1 aliphatic carbocycles. The van der Waals surface area contributed by atoms with Crippen LogP contribution in [0, 0.1) is 11.8 Å². The molecule has 2 rings (SSSR count). The summed E-state index contributed by atoms with van der Waals surface area (Å²) in [6, 6.07) is 0. The minimum Gasteiger partial charge on any atom is -0.469 e. The van der Waals surface area contributed by atoms with Gasteiger partial charge in [0.15, 0.2) is 0 Å². The number of nitrogens with zero attached hydrogens (tertiary/aromatic N) is 2. The molecule has 0 spiro atoms. The van der Waals surface area contributed by atoms with Crippen LogP contribution >= 0.6 is 11.3 Å². The molecule has 1 N–H and O–H groups in total. The standard InChI is InChI=1S/C13H23N3OS/c1-10(2)8-14-9-12-15-16-13(18-12)17-7-6-11-4-3-5-11/h10-11,14H,3-9H2,1-2H3. The fraction of sp³-hybridized carbons (Fsp3) is 0.846. The van der Waals surface area contributed by atoms with Crippen molar-refractivity contribution in [2.24, 2.45) is 11.8 Å². The summed E-state index contributed by atoms with van der Waals surface area (Å²) in [5.74, 6) is 1.56. The van der Waals surface area contributed by atoms with Crippen molar-refractivity contribution in [3.63, 3.8) is 0 Å². The van der Waals surface area contributed by atoms with Gasteiger partial charge in [-0.3, -0.25) is 0 Å². The van der Waals surface area contributed by atoms with Crippen LogP contribution < -0.4 is 10.1 Å². The molecule has 0 aromatic carbocycles. The number of rotatable bonds is 8. The average molecular weight is 269 g/mol. The fourth-order valence-electron chi connectivity index (χ4n) is 1.93. The summed E-state index contributed by atoms with van der Waals surface area (Å²) in [7, 11) is 0. The largest absolute Gasteiger partial charge is 0.469 e. The first-order chi connectivity index (χ1) is 8.74. The van der Waals surface area contributed by atoms with Crippen LogP contribution in [-0.2, 0) is 6.54 Å². The second kappa shape index (κ2) is 7.04. The Balaban J connectivity index is 1.62. The van der Waals surface area contributed by atoms with Crippen molar-refractivity contribution in [2.75, 3.05) is 13.2 Å². The van der Waals surface area contributed by atoms with E-state index < -0.39 is 0 Å². The summed E-state index contributed by atoms with van der Waals surface area (Å²) in [6.07, 6.45) is 5.32. The van der Waals surface area contributed by atoms with Crippen molar-refractivity contribution in [1.82, 2.24) is 15.5 Å². The fourth-order valence-corrected chi connectivity index (χ4v) is 2.61. The smallest absolute Gasteiger partial charge is 0.294 e. The molecule has 0 unspecified atom stereocenters. The summed E-state index contributed by atoms with van der Waals surface area (Å²) in [4.78, 5) is 0. The van der Waals surface area contributed by atoms with Crippen LogP contribution in [0.25, 0.3) is 0 Å². The molecular weight excluding hydrogens is 246 g/mol. The predicted molar refractivity (Wildman–Crippen MR) is 73.9 cm³/mol. The van der Waals surface area contributed by atoms with E-state index in [0.717, 1.165) is 35.8 Å². The van der Waals surface area contributed by atoms with E-state index in [0.29, 0.717) is 5.92 Å². The van der Waals surface area contributed by atoms with Gasteiger partial charge in [-0.15, -0.1) is 10.2 Å². The van der Waals surface area contributed by atoms with Crippen LogP contribution in [0.2, 0.25) is 0 Å². The first kappa shape index (κ1) is 13.7. The first-order valence-electron chi connectivity index (χ1n) is 6.90. The molecule has 4 nitrogen and oxygen atoms in total. The Morgan fingerprint density at radius 3 is 2.89 bits per heavy atom. The van der Waals surface area contributed by atoms with Gasteiger partial charge in [-0.05, 0) is 24.8 Å². The maximum absolute atomic E-state index is 5.64. The minimum atomic E-state index is 0.663. The van der Waals surface area contributed by atoms with Gasteiger partial charge >= 0.3 is 0 Å². The molecule has 1 fully saturated rings. The average Bonchev–Trinajstić information content (AvgIpc) is 2.69. The van der Waals surface area contributed by atoms with E-state index in [1.165, 1.54) is 25.7 Å². The molecule has 0 saturated heterocycles. The molecule has 0 amide bonds. The van der Waals surface area contributed by atoms with Gasteiger partial charge in [-0.1, -0.05) is 44.4 Å². The van der Waals surface area contributed by atoms with E-state index in [2.05, 4.69) is 29.4 Å². The molecule has 1 heterocycles. The predicted octanol–water partition coefficient (Wildman–Crippen LogP) is 2.85. The zero-order chi connectivity index (χ0) is 12.8. The summed E-state index contributed by atoms with van der Waals surface area (Å²) in [5.41, 5.74) is 0. The van der Waals surface area contributed by atoms with Crippen LogP contribution in [0.15, 0.2) is 0 Å². The van der Waals surface area contributed by atoms with Gasteiger partial charge in [0.2, 0.25) is 0 Å². The van der Waals surface area contributed by atoms with E-state index in [4.69, 9.17) is 4.74 Å². The molecule has 0 bridgehead atoms. The maximum atomic E-state index is 5.64. The Hall–Kier alpha value is -0.680. The van der Waals surface area contributed by atoms with Crippen molar-refractivity contribution < 1.29 is 4.74 Å². The lowest BCUT2D eigenvalue weighted by Crippen LogP contribution is -2.18. The lowest BCUT2D eigenvalue weighted by atomic mass is 9.83. The van der Waals surface area contributed by atoms with Crippen LogP contribution in [-0.4, -0.2) is 23.3 Å². The molecule has 0 radical (unpaired) electrons. The van der Waals surface area contributed by atoms with Crippen LogP contribution in [0.1, 0.15) is 44.5 Å². The van der Waals surface area contributed by atoms with Gasteiger partial charge < -0.3 is 10.1 Å².